The van der Waals surface area contributed by atoms with E-state index < -0.39 is 5.91 Å². The predicted molar refractivity (Wildman–Crippen MR) is 116 cm³/mol. The molecule has 0 unspecified atom stereocenters. The smallest absolute Gasteiger partial charge is 0.255 e. The summed E-state index contributed by atoms with van der Waals surface area (Å²) in [5.74, 6) is 0.291. The number of primary amides is 1. The number of amides is 2. The van der Waals surface area contributed by atoms with Gasteiger partial charge in [0.15, 0.2) is 18.1 Å². The number of nitrogens with two attached hydrogens (primary N) is 1. The Bertz CT molecular complexity index is 897. The first-order valence-corrected chi connectivity index (χ1v) is 10.5. The largest absolute Gasteiger partial charge is 0.493 e. The first kappa shape index (κ1) is 22.0. The minimum absolute atomic E-state index is 0.0690. The second-order valence-corrected chi connectivity index (χ2v) is 7.85. The van der Waals surface area contributed by atoms with Gasteiger partial charge >= 0.3 is 0 Å². The lowest BCUT2D eigenvalue weighted by Gasteiger charge is -2.35. The lowest BCUT2D eigenvalue weighted by molar-refractivity contribution is -0.119. The van der Waals surface area contributed by atoms with Crippen molar-refractivity contribution in [2.75, 3.05) is 13.7 Å². The molecule has 0 bridgehead atoms. The van der Waals surface area contributed by atoms with Gasteiger partial charge in [-0.15, -0.1) is 0 Å². The summed E-state index contributed by atoms with van der Waals surface area (Å²) in [7, 11) is 1.53. The number of carbonyl (C=O) groups is 2. The SMILES string of the molecule is COc1cc(CN(C(=O)c2ccccc2Cl)C2CCCCC2)ccc1OCC(N)=O. The number of nitrogens with zero attached hydrogens (tertiary/aromatic N) is 1. The standard InChI is InChI=1S/C23H27ClN2O4/c1-29-21-13-16(11-12-20(21)30-15-22(25)27)14-26(17-7-3-2-4-8-17)23(28)18-9-5-6-10-19(18)24/h5-6,9-13,17H,2-4,7-8,14-15H2,1H3,(H2,25,27). The third-order valence-electron chi connectivity index (χ3n) is 5.33. The van der Waals surface area contributed by atoms with Crippen LogP contribution in [0.25, 0.3) is 0 Å². The van der Waals surface area contributed by atoms with E-state index in [4.69, 9.17) is 26.8 Å². The Morgan fingerprint density at radius 1 is 1.10 bits per heavy atom. The number of ether oxygens (including phenoxy) is 2. The van der Waals surface area contributed by atoms with Crippen LogP contribution in [-0.2, 0) is 11.3 Å². The van der Waals surface area contributed by atoms with Crippen LogP contribution in [0.1, 0.15) is 48.0 Å². The van der Waals surface area contributed by atoms with Crippen LogP contribution in [0.4, 0.5) is 0 Å². The summed E-state index contributed by atoms with van der Waals surface area (Å²) >= 11 is 6.31. The van der Waals surface area contributed by atoms with Gasteiger partial charge in [0.05, 0.1) is 17.7 Å². The Morgan fingerprint density at radius 2 is 1.83 bits per heavy atom. The van der Waals surface area contributed by atoms with Crippen LogP contribution < -0.4 is 15.2 Å². The van der Waals surface area contributed by atoms with Gasteiger partial charge < -0.3 is 20.1 Å². The molecule has 1 saturated carbocycles. The highest BCUT2D eigenvalue weighted by atomic mass is 35.5. The fourth-order valence-corrected chi connectivity index (χ4v) is 4.04. The first-order chi connectivity index (χ1) is 14.5. The Balaban J connectivity index is 1.86. The highest BCUT2D eigenvalue weighted by molar-refractivity contribution is 6.33. The van der Waals surface area contributed by atoms with Crippen molar-refractivity contribution in [3.8, 4) is 11.5 Å². The molecule has 1 aliphatic rings. The minimum Gasteiger partial charge on any atom is -0.493 e. The second-order valence-electron chi connectivity index (χ2n) is 7.44. The molecule has 1 aliphatic carbocycles. The molecule has 30 heavy (non-hydrogen) atoms. The average molecular weight is 431 g/mol. The van der Waals surface area contributed by atoms with E-state index in [0.29, 0.717) is 28.6 Å². The zero-order valence-electron chi connectivity index (χ0n) is 17.1. The van der Waals surface area contributed by atoms with Crippen molar-refractivity contribution in [1.82, 2.24) is 4.90 Å². The van der Waals surface area contributed by atoms with E-state index in [0.717, 1.165) is 31.2 Å². The second kappa shape index (κ2) is 10.3. The lowest BCUT2D eigenvalue weighted by atomic mass is 9.93. The van der Waals surface area contributed by atoms with Crippen molar-refractivity contribution in [3.63, 3.8) is 0 Å². The molecule has 160 valence electrons. The van der Waals surface area contributed by atoms with E-state index in [-0.39, 0.29) is 18.6 Å². The van der Waals surface area contributed by atoms with Gasteiger partial charge in [-0.1, -0.05) is 49.1 Å². The van der Waals surface area contributed by atoms with Gasteiger partial charge in [0.1, 0.15) is 0 Å². The van der Waals surface area contributed by atoms with E-state index in [1.165, 1.54) is 13.5 Å². The van der Waals surface area contributed by atoms with Crippen molar-refractivity contribution in [2.45, 2.75) is 44.7 Å². The molecule has 0 atom stereocenters. The number of rotatable bonds is 8. The quantitative estimate of drug-likeness (QED) is 0.680. The summed E-state index contributed by atoms with van der Waals surface area (Å²) in [4.78, 5) is 26.3. The molecule has 7 heteroatoms. The topological polar surface area (TPSA) is 81.9 Å². The number of hydrogen-bond acceptors (Lipinski definition) is 4. The molecular weight excluding hydrogens is 404 g/mol. The van der Waals surface area contributed by atoms with E-state index in [1.807, 2.05) is 29.2 Å². The molecule has 0 saturated heterocycles. The number of hydrogen-bond donors (Lipinski definition) is 1. The maximum atomic E-state index is 13.4. The van der Waals surface area contributed by atoms with E-state index in [2.05, 4.69) is 0 Å². The van der Waals surface area contributed by atoms with Crippen molar-refractivity contribution in [1.29, 1.82) is 0 Å². The molecule has 1 fully saturated rings. The highest BCUT2D eigenvalue weighted by Gasteiger charge is 2.27. The van der Waals surface area contributed by atoms with E-state index >= 15 is 0 Å². The lowest BCUT2D eigenvalue weighted by Crippen LogP contribution is -2.41. The molecule has 3 rings (SSSR count). The third kappa shape index (κ3) is 5.45. The predicted octanol–water partition coefficient (Wildman–Crippen LogP) is 4.19. The zero-order chi connectivity index (χ0) is 21.5. The fourth-order valence-electron chi connectivity index (χ4n) is 3.82. The molecule has 2 amide bonds. The minimum atomic E-state index is -0.560. The summed E-state index contributed by atoms with van der Waals surface area (Å²) in [5, 5.41) is 0.455. The van der Waals surface area contributed by atoms with Crippen molar-refractivity contribution < 1.29 is 19.1 Å². The molecule has 2 aromatic rings. The highest BCUT2D eigenvalue weighted by Crippen LogP contribution is 2.31. The molecule has 0 spiro atoms. The molecule has 0 aromatic heterocycles. The Labute approximate surface area is 181 Å². The third-order valence-corrected chi connectivity index (χ3v) is 5.66. The number of benzene rings is 2. The summed E-state index contributed by atoms with van der Waals surface area (Å²) in [6, 6.07) is 12.7. The average Bonchev–Trinajstić information content (AvgIpc) is 2.76. The van der Waals surface area contributed by atoms with Crippen LogP contribution >= 0.6 is 11.6 Å². The first-order valence-electron chi connectivity index (χ1n) is 10.1. The van der Waals surface area contributed by atoms with Gasteiger partial charge in [-0.25, -0.2) is 0 Å². The van der Waals surface area contributed by atoms with Crippen molar-refractivity contribution in [2.24, 2.45) is 5.73 Å². The zero-order valence-corrected chi connectivity index (χ0v) is 17.9. The van der Waals surface area contributed by atoms with Gasteiger partial charge in [-0.2, -0.15) is 0 Å². The summed E-state index contributed by atoms with van der Waals surface area (Å²) < 4.78 is 10.8. The maximum Gasteiger partial charge on any atom is 0.255 e. The van der Waals surface area contributed by atoms with Crippen LogP contribution in [-0.4, -0.2) is 36.5 Å². The number of carbonyl (C=O) groups excluding carboxylic acids is 2. The fraction of sp³-hybridized carbons (Fsp3) is 0.391. The summed E-state index contributed by atoms with van der Waals surface area (Å²) in [5.41, 5.74) is 6.57. The van der Waals surface area contributed by atoms with Gasteiger partial charge in [0, 0.05) is 12.6 Å². The Kier molecular flexibility index (Phi) is 7.57. The molecule has 0 aliphatic heterocycles. The molecular formula is C23H27ClN2O4. The van der Waals surface area contributed by atoms with Crippen molar-refractivity contribution >= 4 is 23.4 Å². The summed E-state index contributed by atoms with van der Waals surface area (Å²) in [6.45, 7) is 0.204. The van der Waals surface area contributed by atoms with Crippen LogP contribution in [0.15, 0.2) is 42.5 Å². The van der Waals surface area contributed by atoms with Gasteiger partial charge in [-0.05, 0) is 42.7 Å². The van der Waals surface area contributed by atoms with E-state index in [9.17, 15) is 9.59 Å². The normalized spacial score (nSPS) is 14.2. The van der Waals surface area contributed by atoms with Crippen LogP contribution in [0.2, 0.25) is 5.02 Å². The number of methoxy groups -OCH3 is 1. The molecule has 6 nitrogen and oxygen atoms in total. The molecule has 0 heterocycles. The molecule has 2 aromatic carbocycles. The van der Waals surface area contributed by atoms with Gasteiger partial charge in [-0.3, -0.25) is 9.59 Å². The maximum absolute atomic E-state index is 13.4. The van der Waals surface area contributed by atoms with Crippen LogP contribution in [0, 0.1) is 0 Å². The Morgan fingerprint density at radius 3 is 2.50 bits per heavy atom. The Hall–Kier alpha value is -2.73. The van der Waals surface area contributed by atoms with Crippen LogP contribution in [0.5, 0.6) is 11.5 Å². The summed E-state index contributed by atoms with van der Waals surface area (Å²) in [6.07, 6.45) is 5.38. The van der Waals surface area contributed by atoms with Crippen molar-refractivity contribution in [3.05, 3.63) is 58.6 Å². The molecule has 2 N–H and O–H groups in total. The monoisotopic (exact) mass is 430 g/mol. The van der Waals surface area contributed by atoms with Gasteiger partial charge in [0.25, 0.3) is 11.8 Å². The number of halogens is 1. The molecule has 0 radical (unpaired) electrons. The van der Waals surface area contributed by atoms with Gasteiger partial charge in [0.2, 0.25) is 0 Å². The van der Waals surface area contributed by atoms with E-state index in [1.54, 1.807) is 18.2 Å². The van der Waals surface area contributed by atoms with Crippen LogP contribution in [0.3, 0.4) is 0 Å².